The van der Waals surface area contributed by atoms with Crippen molar-refractivity contribution in [1.82, 2.24) is 4.90 Å². The maximum atomic E-state index is 5.45. The van der Waals surface area contributed by atoms with Gasteiger partial charge in [0.25, 0.3) is 0 Å². The van der Waals surface area contributed by atoms with Gasteiger partial charge in [0, 0.05) is 24.5 Å². The third-order valence-corrected chi connectivity index (χ3v) is 3.96. The molecule has 0 unspecified atom stereocenters. The molecule has 0 aliphatic carbocycles. The molecule has 2 nitrogen and oxygen atoms in total. The molecule has 0 spiro atoms. The third-order valence-electron chi connectivity index (χ3n) is 2.91. The highest BCUT2D eigenvalue weighted by molar-refractivity contribution is 6.26. The summed E-state index contributed by atoms with van der Waals surface area (Å²) in [7, 11) is 0.645. The van der Waals surface area contributed by atoms with E-state index in [4.69, 9.17) is 4.43 Å². The molecular formula is C17H33NOSi. The fourth-order valence-electron chi connectivity index (χ4n) is 2.26. The Hall–Kier alpha value is -0.543. The van der Waals surface area contributed by atoms with Crippen LogP contribution in [0.4, 0.5) is 0 Å². The summed E-state index contributed by atoms with van der Waals surface area (Å²) in [6.45, 7) is 17.4. The summed E-state index contributed by atoms with van der Waals surface area (Å²) >= 11 is 0. The Bertz CT molecular complexity index is 284. The highest BCUT2D eigenvalue weighted by atomic mass is 28.2. The molecule has 0 saturated heterocycles. The standard InChI is InChI=1S/C17H33NOSi/c1-8-19-20-11-9-10-18(16(6)12-14(2)3)17(7)13-15(4)5/h12-15H,8-11H2,1-7H3/b16-12+,17-13+. The van der Waals surface area contributed by atoms with Crippen LogP contribution in [-0.2, 0) is 4.43 Å². The van der Waals surface area contributed by atoms with Crippen molar-refractivity contribution in [3.8, 4) is 0 Å². The van der Waals surface area contributed by atoms with Gasteiger partial charge in [-0.05, 0) is 45.1 Å². The largest absolute Gasteiger partial charge is 0.418 e. The van der Waals surface area contributed by atoms with Gasteiger partial charge in [0.05, 0.1) is 0 Å². The Morgan fingerprint density at radius 2 is 1.55 bits per heavy atom. The van der Waals surface area contributed by atoms with Crippen LogP contribution in [0.2, 0.25) is 6.04 Å². The molecule has 0 amide bonds. The van der Waals surface area contributed by atoms with Crippen LogP contribution in [-0.4, -0.2) is 27.8 Å². The molecule has 0 bridgehead atoms. The van der Waals surface area contributed by atoms with E-state index in [1.807, 2.05) is 0 Å². The molecule has 0 aromatic carbocycles. The van der Waals surface area contributed by atoms with E-state index in [0.29, 0.717) is 21.6 Å². The molecule has 0 fully saturated rings. The van der Waals surface area contributed by atoms with Gasteiger partial charge in [-0.3, -0.25) is 0 Å². The van der Waals surface area contributed by atoms with Crippen LogP contribution >= 0.6 is 0 Å². The zero-order valence-electron chi connectivity index (χ0n) is 14.5. The van der Waals surface area contributed by atoms with Gasteiger partial charge in [-0.25, -0.2) is 0 Å². The zero-order valence-corrected chi connectivity index (χ0v) is 15.5. The minimum Gasteiger partial charge on any atom is -0.418 e. The second-order valence-electron chi connectivity index (χ2n) is 5.94. The third kappa shape index (κ3) is 9.37. The molecule has 0 aliphatic heterocycles. The maximum absolute atomic E-state index is 5.45. The summed E-state index contributed by atoms with van der Waals surface area (Å²) in [6, 6.07) is 1.16. The van der Waals surface area contributed by atoms with E-state index in [1.165, 1.54) is 17.8 Å². The summed E-state index contributed by atoms with van der Waals surface area (Å²) in [5, 5.41) is 0. The quantitative estimate of drug-likeness (QED) is 0.421. The highest BCUT2D eigenvalue weighted by Gasteiger charge is 2.09. The average molecular weight is 296 g/mol. The summed E-state index contributed by atoms with van der Waals surface area (Å²) < 4.78 is 5.45. The van der Waals surface area contributed by atoms with Crippen LogP contribution in [0.15, 0.2) is 23.5 Å². The van der Waals surface area contributed by atoms with Crippen molar-refractivity contribution in [1.29, 1.82) is 0 Å². The van der Waals surface area contributed by atoms with Crippen LogP contribution in [0.3, 0.4) is 0 Å². The highest BCUT2D eigenvalue weighted by Crippen LogP contribution is 2.17. The first kappa shape index (κ1) is 19.5. The van der Waals surface area contributed by atoms with Crippen molar-refractivity contribution in [3.05, 3.63) is 23.5 Å². The lowest BCUT2D eigenvalue weighted by atomic mass is 10.1. The summed E-state index contributed by atoms with van der Waals surface area (Å²) in [4.78, 5) is 2.45. The number of nitrogens with zero attached hydrogens (tertiary/aromatic N) is 1. The van der Waals surface area contributed by atoms with Crippen LogP contribution in [0.25, 0.3) is 0 Å². The van der Waals surface area contributed by atoms with Gasteiger partial charge < -0.3 is 9.33 Å². The van der Waals surface area contributed by atoms with E-state index in [9.17, 15) is 0 Å². The number of rotatable bonds is 10. The minimum absolute atomic E-state index is 0.592. The minimum atomic E-state index is 0.592. The molecule has 0 atom stereocenters. The topological polar surface area (TPSA) is 12.5 Å². The fourth-order valence-corrected chi connectivity index (χ4v) is 2.91. The van der Waals surface area contributed by atoms with Crippen LogP contribution in [0.5, 0.6) is 0 Å². The molecule has 116 valence electrons. The Labute approximate surface area is 129 Å². The molecule has 3 heteroatoms. The Morgan fingerprint density at radius 1 is 1.05 bits per heavy atom. The molecule has 0 aromatic rings. The summed E-state index contributed by atoms with van der Waals surface area (Å²) in [6.07, 6.45) is 5.88. The monoisotopic (exact) mass is 295 g/mol. The first-order chi connectivity index (χ1) is 9.38. The van der Waals surface area contributed by atoms with Gasteiger partial charge in [0.2, 0.25) is 9.76 Å². The second-order valence-corrected chi connectivity index (χ2v) is 7.01. The zero-order chi connectivity index (χ0) is 15.5. The van der Waals surface area contributed by atoms with Gasteiger partial charge in [0.1, 0.15) is 0 Å². The van der Waals surface area contributed by atoms with Crippen LogP contribution < -0.4 is 0 Å². The van der Waals surface area contributed by atoms with Gasteiger partial charge in [-0.1, -0.05) is 39.8 Å². The molecule has 0 saturated carbocycles. The first-order valence-electron chi connectivity index (χ1n) is 7.87. The van der Waals surface area contributed by atoms with E-state index >= 15 is 0 Å². The SMILES string of the molecule is CCO[Si]CCCN(/C(C)=C/C(C)C)/C(C)=C/C(C)C. The maximum Gasteiger partial charge on any atom is 0.229 e. The average Bonchev–Trinajstić information content (AvgIpc) is 2.31. The van der Waals surface area contributed by atoms with Crippen LogP contribution in [0, 0.1) is 11.8 Å². The van der Waals surface area contributed by atoms with E-state index in [0.717, 1.165) is 19.2 Å². The Kier molecular flexibility index (Phi) is 10.9. The first-order valence-corrected chi connectivity index (χ1v) is 8.99. The molecule has 2 radical (unpaired) electrons. The van der Waals surface area contributed by atoms with E-state index in [-0.39, 0.29) is 0 Å². The van der Waals surface area contributed by atoms with Crippen molar-refractivity contribution < 1.29 is 4.43 Å². The summed E-state index contributed by atoms with van der Waals surface area (Å²) in [5.41, 5.74) is 2.74. The smallest absolute Gasteiger partial charge is 0.229 e. The van der Waals surface area contributed by atoms with Crippen molar-refractivity contribution in [2.75, 3.05) is 13.2 Å². The van der Waals surface area contributed by atoms with E-state index < -0.39 is 0 Å². The van der Waals surface area contributed by atoms with Crippen LogP contribution in [0.1, 0.15) is 54.9 Å². The normalized spacial score (nSPS) is 13.4. The van der Waals surface area contributed by atoms with Crippen molar-refractivity contribution in [3.63, 3.8) is 0 Å². The molecule has 20 heavy (non-hydrogen) atoms. The van der Waals surface area contributed by atoms with Crippen molar-refractivity contribution >= 4 is 9.76 Å². The van der Waals surface area contributed by atoms with Gasteiger partial charge in [0.15, 0.2) is 0 Å². The lowest BCUT2D eigenvalue weighted by molar-refractivity contribution is 0.355. The van der Waals surface area contributed by atoms with Gasteiger partial charge in [-0.2, -0.15) is 0 Å². The van der Waals surface area contributed by atoms with E-state index in [1.54, 1.807) is 0 Å². The van der Waals surface area contributed by atoms with Gasteiger partial charge in [-0.15, -0.1) is 0 Å². The van der Waals surface area contributed by atoms with Crippen molar-refractivity contribution in [2.45, 2.75) is 60.9 Å². The predicted molar refractivity (Wildman–Crippen MR) is 90.7 cm³/mol. The Morgan fingerprint density at radius 3 is 1.95 bits per heavy atom. The number of hydrogen-bond acceptors (Lipinski definition) is 2. The van der Waals surface area contributed by atoms with E-state index in [2.05, 4.69) is 65.5 Å². The lowest BCUT2D eigenvalue weighted by Crippen LogP contribution is -2.22. The second kappa shape index (κ2) is 11.2. The summed E-state index contributed by atoms with van der Waals surface area (Å²) in [5.74, 6) is 1.18. The Balaban J connectivity index is 4.63. The molecule has 0 N–H and O–H groups in total. The van der Waals surface area contributed by atoms with Gasteiger partial charge >= 0.3 is 0 Å². The number of allylic oxidation sites excluding steroid dienone is 4. The molecule has 0 aromatic heterocycles. The molecule has 0 heterocycles. The number of hydrogen-bond donors (Lipinski definition) is 0. The fraction of sp³-hybridized carbons (Fsp3) is 0.765. The molecule has 0 rings (SSSR count). The lowest BCUT2D eigenvalue weighted by Gasteiger charge is -2.27. The van der Waals surface area contributed by atoms with Crippen molar-refractivity contribution in [2.24, 2.45) is 11.8 Å². The molecular weight excluding hydrogens is 262 g/mol. The molecule has 0 aliphatic rings. The predicted octanol–water partition coefficient (Wildman–Crippen LogP) is 4.87.